The van der Waals surface area contributed by atoms with Crippen LogP contribution >= 0.6 is 0 Å². The molecule has 0 radical (unpaired) electrons. The molecule has 0 saturated carbocycles. The number of piperidine rings is 1. The fourth-order valence-corrected chi connectivity index (χ4v) is 5.62. The summed E-state index contributed by atoms with van der Waals surface area (Å²) in [6, 6.07) is 28.8. The number of benzene rings is 3. The molecule has 1 atom stereocenters. The predicted molar refractivity (Wildman–Crippen MR) is 144 cm³/mol. The van der Waals surface area contributed by atoms with E-state index in [1.54, 1.807) is 0 Å². The van der Waals surface area contributed by atoms with E-state index in [-0.39, 0.29) is 5.92 Å². The SMILES string of the molecule is CC(C)Cc1ccc(C(O)CCCN2CCC(C(O)(c3ccccc3)c3ccccc3)CC2)cc1. The molecule has 0 aliphatic carbocycles. The van der Waals surface area contributed by atoms with Crippen molar-refractivity contribution in [2.75, 3.05) is 19.6 Å². The van der Waals surface area contributed by atoms with Gasteiger partial charge in [-0.05, 0) is 85.8 Å². The second kappa shape index (κ2) is 12.0. The van der Waals surface area contributed by atoms with Crippen molar-refractivity contribution in [3.05, 3.63) is 107 Å². The van der Waals surface area contributed by atoms with Gasteiger partial charge in [0.2, 0.25) is 0 Å². The first-order valence-electron chi connectivity index (χ1n) is 13.3. The topological polar surface area (TPSA) is 43.7 Å². The van der Waals surface area contributed by atoms with Gasteiger partial charge >= 0.3 is 0 Å². The Morgan fingerprint density at radius 1 is 0.829 bits per heavy atom. The van der Waals surface area contributed by atoms with E-state index in [1.165, 1.54) is 5.56 Å². The molecule has 1 saturated heterocycles. The Kier molecular flexibility index (Phi) is 8.78. The maximum atomic E-state index is 12.1. The highest BCUT2D eigenvalue weighted by Gasteiger charge is 2.41. The zero-order valence-electron chi connectivity index (χ0n) is 21.3. The molecule has 0 bridgehead atoms. The summed E-state index contributed by atoms with van der Waals surface area (Å²) in [5, 5.41) is 22.7. The molecule has 3 nitrogen and oxygen atoms in total. The Morgan fingerprint density at radius 3 is 1.89 bits per heavy atom. The summed E-state index contributed by atoms with van der Waals surface area (Å²) in [6.45, 7) is 7.41. The van der Waals surface area contributed by atoms with E-state index >= 15 is 0 Å². The molecule has 1 fully saturated rings. The quantitative estimate of drug-likeness (QED) is 0.362. The average Bonchev–Trinajstić information content (AvgIpc) is 2.89. The third-order valence-electron chi connectivity index (χ3n) is 7.57. The van der Waals surface area contributed by atoms with Gasteiger partial charge in [0.05, 0.1) is 6.10 Å². The van der Waals surface area contributed by atoms with E-state index in [0.717, 1.165) is 68.4 Å². The van der Waals surface area contributed by atoms with Crippen LogP contribution in [0.5, 0.6) is 0 Å². The summed E-state index contributed by atoms with van der Waals surface area (Å²) in [4.78, 5) is 2.49. The van der Waals surface area contributed by atoms with Crippen LogP contribution in [0.3, 0.4) is 0 Å². The van der Waals surface area contributed by atoms with Crippen LogP contribution in [0, 0.1) is 11.8 Å². The fraction of sp³-hybridized carbons (Fsp3) is 0.438. The molecule has 0 amide bonds. The standard InChI is InChI=1S/C32H41NO2/c1-25(2)24-26-15-17-27(18-16-26)31(34)14-9-21-33-22-19-30(20-23-33)32(35,28-10-5-3-6-11-28)29-12-7-4-8-13-29/h3-8,10-13,15-18,25,30-31,34-35H,9,14,19-24H2,1-2H3. The van der Waals surface area contributed by atoms with E-state index in [4.69, 9.17) is 0 Å². The summed E-state index contributed by atoms with van der Waals surface area (Å²) in [5.41, 5.74) is 3.35. The molecule has 3 heteroatoms. The monoisotopic (exact) mass is 471 g/mol. The summed E-state index contributed by atoms with van der Waals surface area (Å²) >= 11 is 0. The van der Waals surface area contributed by atoms with Gasteiger partial charge in [0, 0.05) is 0 Å². The minimum atomic E-state index is -0.966. The van der Waals surface area contributed by atoms with Crippen molar-refractivity contribution in [1.82, 2.24) is 4.90 Å². The molecule has 0 spiro atoms. The largest absolute Gasteiger partial charge is 0.388 e. The highest BCUT2D eigenvalue weighted by molar-refractivity contribution is 5.37. The molecule has 1 heterocycles. The summed E-state index contributed by atoms with van der Waals surface area (Å²) < 4.78 is 0. The lowest BCUT2D eigenvalue weighted by Crippen LogP contribution is -2.44. The molecule has 186 valence electrons. The lowest BCUT2D eigenvalue weighted by Gasteiger charge is -2.42. The van der Waals surface area contributed by atoms with Gasteiger partial charge < -0.3 is 15.1 Å². The van der Waals surface area contributed by atoms with Crippen LogP contribution in [0.4, 0.5) is 0 Å². The van der Waals surface area contributed by atoms with Crippen molar-refractivity contribution in [1.29, 1.82) is 0 Å². The van der Waals surface area contributed by atoms with Crippen LogP contribution in [0.25, 0.3) is 0 Å². The number of likely N-dealkylation sites (tertiary alicyclic amines) is 1. The van der Waals surface area contributed by atoms with Gasteiger partial charge in [-0.3, -0.25) is 0 Å². The third kappa shape index (κ3) is 6.41. The number of aliphatic hydroxyl groups is 2. The van der Waals surface area contributed by atoms with Gasteiger partial charge in [-0.1, -0.05) is 98.8 Å². The first-order chi connectivity index (χ1) is 17.0. The minimum absolute atomic E-state index is 0.179. The molecule has 3 aromatic rings. The lowest BCUT2D eigenvalue weighted by atomic mass is 9.72. The van der Waals surface area contributed by atoms with Gasteiger partial charge in [0.25, 0.3) is 0 Å². The first kappa shape index (κ1) is 25.6. The molecule has 35 heavy (non-hydrogen) atoms. The molecule has 1 aliphatic rings. The highest BCUT2D eigenvalue weighted by Crippen LogP contribution is 2.41. The van der Waals surface area contributed by atoms with Crippen LogP contribution in [0.15, 0.2) is 84.9 Å². The zero-order chi connectivity index (χ0) is 24.7. The first-order valence-corrected chi connectivity index (χ1v) is 13.3. The van der Waals surface area contributed by atoms with Crippen LogP contribution < -0.4 is 0 Å². The van der Waals surface area contributed by atoms with Gasteiger partial charge in [-0.2, -0.15) is 0 Å². The molecule has 0 aromatic heterocycles. The van der Waals surface area contributed by atoms with Gasteiger partial charge in [0.1, 0.15) is 5.60 Å². The fourth-order valence-electron chi connectivity index (χ4n) is 5.62. The zero-order valence-corrected chi connectivity index (χ0v) is 21.3. The van der Waals surface area contributed by atoms with E-state index in [0.29, 0.717) is 5.92 Å². The van der Waals surface area contributed by atoms with Crippen molar-refractivity contribution >= 4 is 0 Å². The maximum absolute atomic E-state index is 12.1. The lowest BCUT2D eigenvalue weighted by molar-refractivity contribution is -0.0146. The molecule has 4 rings (SSSR count). The number of aliphatic hydroxyl groups excluding tert-OH is 1. The number of hydrogen-bond donors (Lipinski definition) is 2. The van der Waals surface area contributed by atoms with E-state index in [9.17, 15) is 10.2 Å². The predicted octanol–water partition coefficient (Wildman–Crippen LogP) is 6.35. The van der Waals surface area contributed by atoms with Crippen molar-refractivity contribution in [3.63, 3.8) is 0 Å². The van der Waals surface area contributed by atoms with E-state index in [2.05, 4.69) is 67.3 Å². The Balaban J connectivity index is 1.30. The molecular formula is C32H41NO2. The normalized spacial score (nSPS) is 16.5. The van der Waals surface area contributed by atoms with Crippen molar-refractivity contribution in [2.24, 2.45) is 11.8 Å². The van der Waals surface area contributed by atoms with E-state index < -0.39 is 11.7 Å². The second-order valence-electron chi connectivity index (χ2n) is 10.6. The van der Waals surface area contributed by atoms with Crippen molar-refractivity contribution in [2.45, 2.75) is 57.7 Å². The van der Waals surface area contributed by atoms with Crippen molar-refractivity contribution < 1.29 is 10.2 Å². The Morgan fingerprint density at radius 2 is 1.37 bits per heavy atom. The van der Waals surface area contributed by atoms with Crippen LogP contribution in [0.1, 0.15) is 67.9 Å². The van der Waals surface area contributed by atoms with Crippen LogP contribution in [-0.4, -0.2) is 34.7 Å². The van der Waals surface area contributed by atoms with Crippen molar-refractivity contribution in [3.8, 4) is 0 Å². The minimum Gasteiger partial charge on any atom is -0.388 e. The highest BCUT2D eigenvalue weighted by atomic mass is 16.3. The number of nitrogens with zero attached hydrogens (tertiary/aromatic N) is 1. The van der Waals surface area contributed by atoms with Gasteiger partial charge in [-0.25, -0.2) is 0 Å². The Hall–Kier alpha value is -2.46. The third-order valence-corrected chi connectivity index (χ3v) is 7.57. The molecule has 3 aromatic carbocycles. The van der Waals surface area contributed by atoms with Crippen LogP contribution in [-0.2, 0) is 12.0 Å². The average molecular weight is 472 g/mol. The summed E-state index contributed by atoms with van der Waals surface area (Å²) in [6.07, 6.45) is 4.35. The Bertz CT molecular complexity index is 969. The van der Waals surface area contributed by atoms with Gasteiger partial charge in [0.15, 0.2) is 0 Å². The van der Waals surface area contributed by atoms with Gasteiger partial charge in [-0.15, -0.1) is 0 Å². The summed E-state index contributed by atoms with van der Waals surface area (Å²) in [5.74, 6) is 0.824. The Labute approximate surface area is 211 Å². The number of rotatable bonds is 10. The molecule has 1 unspecified atom stereocenters. The smallest absolute Gasteiger partial charge is 0.117 e. The molecule has 1 aliphatic heterocycles. The molecular weight excluding hydrogens is 430 g/mol. The second-order valence-corrected chi connectivity index (χ2v) is 10.6. The van der Waals surface area contributed by atoms with E-state index in [1.807, 2.05) is 36.4 Å². The molecule has 2 N–H and O–H groups in total. The van der Waals surface area contributed by atoms with Crippen LogP contribution in [0.2, 0.25) is 0 Å². The summed E-state index contributed by atoms with van der Waals surface area (Å²) in [7, 11) is 0. The number of hydrogen-bond acceptors (Lipinski definition) is 3. The maximum Gasteiger partial charge on any atom is 0.117 e.